The summed E-state index contributed by atoms with van der Waals surface area (Å²) in [5, 5.41) is 0. The number of ketones is 2. The largest absolute Gasteiger partial charge is 0.450 e. The highest BCUT2D eigenvalue weighted by atomic mass is 19.4. The summed E-state index contributed by atoms with van der Waals surface area (Å²) in [7, 11) is 0. The van der Waals surface area contributed by atoms with Crippen LogP contribution in [0.5, 0.6) is 0 Å². The van der Waals surface area contributed by atoms with Gasteiger partial charge in [-0.1, -0.05) is 82.3 Å². The molecule has 0 bridgehead atoms. The molecule has 3 saturated heterocycles. The molecule has 3 aromatic heterocycles. The summed E-state index contributed by atoms with van der Waals surface area (Å²) in [4.78, 5) is 127. The van der Waals surface area contributed by atoms with E-state index in [1.54, 1.807) is 35.5 Å². The normalized spacial score (nSPS) is 21.4. The number of para-hydroxylation sites is 3. The van der Waals surface area contributed by atoms with Crippen molar-refractivity contribution in [2.45, 2.75) is 230 Å². The predicted molar refractivity (Wildman–Crippen MR) is 394 cm³/mol. The molecular weight excluding hydrogens is 1430 g/mol. The SMILES string of the molecule is CC1CCCC(=O)C1=O.CCOC(=O)N1CC2(C1)C(=O)N(Cc1nc3c([nH]1)CCCC3C)c1ccccc12.CCOC(=O)N1CC2(C1)C(=O)N(Cc1nc3c(n1CCCC(F)(F)F)CCCC3C)c1ccccc12.CCOC(=O)N1CC2(C1)C(=O)N(Cc1nc3c(n1CCCC(F)(F)F)CCCC3C)c1ccccc12. The number of ether oxygens (including phenoxy) is 3. The zero-order chi connectivity index (χ0) is 78.4. The molecular formula is C81H98F6N12O11. The van der Waals surface area contributed by atoms with E-state index in [4.69, 9.17) is 29.2 Å². The average molecular weight is 1530 g/mol. The van der Waals surface area contributed by atoms with Crippen LogP contribution >= 0.6 is 0 Å². The lowest BCUT2D eigenvalue weighted by Crippen LogP contribution is -2.65. The van der Waals surface area contributed by atoms with Crippen LogP contribution in [0.4, 0.5) is 57.8 Å². The Morgan fingerprint density at radius 2 is 0.809 bits per heavy atom. The van der Waals surface area contributed by atoms with Gasteiger partial charge in [-0.3, -0.25) is 24.0 Å². The molecule has 4 aliphatic carbocycles. The number of aromatic amines is 1. The number of hydrogen-bond donors (Lipinski definition) is 1. The predicted octanol–water partition coefficient (Wildman–Crippen LogP) is 13.9. The summed E-state index contributed by atoms with van der Waals surface area (Å²) >= 11 is 0. The monoisotopic (exact) mass is 1530 g/mol. The van der Waals surface area contributed by atoms with Crippen molar-refractivity contribution in [2.75, 3.05) is 73.8 Å². The first-order valence-electron chi connectivity index (χ1n) is 39.0. The summed E-state index contributed by atoms with van der Waals surface area (Å²) in [6.45, 7) is 17.3. The Hall–Kier alpha value is -9.57. The van der Waals surface area contributed by atoms with E-state index in [0.29, 0.717) is 50.2 Å². The first-order chi connectivity index (χ1) is 52.5. The molecule has 4 fully saturated rings. The van der Waals surface area contributed by atoms with E-state index in [1.807, 2.05) is 93.8 Å². The molecule has 1 saturated carbocycles. The van der Waals surface area contributed by atoms with Gasteiger partial charge in [-0.05, 0) is 139 Å². The number of amides is 6. The van der Waals surface area contributed by atoms with Gasteiger partial charge in [0, 0.05) is 129 Å². The second kappa shape index (κ2) is 31.7. The highest BCUT2D eigenvalue weighted by Crippen LogP contribution is 2.52. The van der Waals surface area contributed by atoms with Gasteiger partial charge >= 0.3 is 30.6 Å². The third-order valence-corrected chi connectivity index (χ3v) is 23.6. The molecule has 23 nitrogen and oxygen atoms in total. The fourth-order valence-corrected chi connectivity index (χ4v) is 17.9. The number of alkyl halides is 6. The fraction of sp³-hybridized carbons (Fsp3) is 0.568. The maximum Gasteiger partial charge on any atom is 0.409 e. The Morgan fingerprint density at radius 1 is 0.464 bits per heavy atom. The summed E-state index contributed by atoms with van der Waals surface area (Å²) in [6.07, 6.45) is -0.311. The van der Waals surface area contributed by atoms with E-state index < -0.39 is 53.6 Å². The second-order valence-corrected chi connectivity index (χ2v) is 31.1. The van der Waals surface area contributed by atoms with Gasteiger partial charge in [-0.15, -0.1) is 0 Å². The van der Waals surface area contributed by atoms with Crippen molar-refractivity contribution >= 4 is 64.6 Å². The zero-order valence-corrected chi connectivity index (χ0v) is 63.6. The van der Waals surface area contributed by atoms with Crippen LogP contribution in [0.1, 0.15) is 218 Å². The number of rotatable bonds is 15. The number of carbonyl (C=O) groups is 8. The third kappa shape index (κ3) is 15.1. The molecule has 1 N–H and O–H groups in total. The number of aryl methyl sites for hydroxylation is 1. The van der Waals surface area contributed by atoms with E-state index in [-0.39, 0.29) is 132 Å². The number of aromatic nitrogens is 6. The number of halogens is 6. The van der Waals surface area contributed by atoms with Crippen LogP contribution in [0.25, 0.3) is 0 Å². The minimum atomic E-state index is -4.21. The van der Waals surface area contributed by atoms with Crippen LogP contribution in [0.3, 0.4) is 0 Å². The number of likely N-dealkylation sites (tertiary alicyclic amines) is 3. The standard InChI is InChI=1S/2C26H31F3N4O3.C22H26N4O3.C7H10O2/c2*1-3-36-24(35)31-15-25(16-31)18-9-4-5-10-19(18)33(23(25)34)14-21-30-22-17(2)8-6-11-20(22)32(21)13-7-12-26(27,28)29;1-3-29-21(28)25-12-22(13-25)15-8-4-5-10-17(15)26(20(22)27)11-18-23-16-9-6-7-14(2)19(16)24-18;1-5-3-2-4-6(8)7(5)9/h2*4-5,9-10,17H,3,6-8,11-16H2,1-2H3;4-5,8,10,14H,3,6-7,9,11-13H2,1-2H3,(H,23,24);5H,2-4H2,1H3. The maximum atomic E-state index is 13.8. The number of H-pyrrole nitrogens is 1. The molecule has 10 aliphatic rings. The van der Waals surface area contributed by atoms with Gasteiger partial charge in [0.1, 0.15) is 33.7 Å². The molecule has 0 radical (unpaired) electrons. The van der Waals surface area contributed by atoms with Crippen molar-refractivity contribution in [2.24, 2.45) is 5.92 Å². The Labute approximate surface area is 635 Å². The van der Waals surface area contributed by atoms with Gasteiger partial charge in [-0.25, -0.2) is 29.3 Å². The molecule has 4 atom stereocenters. The fourth-order valence-electron chi connectivity index (χ4n) is 17.9. The molecule has 590 valence electrons. The zero-order valence-electron chi connectivity index (χ0n) is 63.6. The lowest BCUT2D eigenvalue weighted by Gasteiger charge is -2.45. The van der Waals surface area contributed by atoms with Crippen LogP contribution in [-0.2, 0) is 106 Å². The number of anilines is 3. The smallest absolute Gasteiger partial charge is 0.409 e. The lowest BCUT2D eigenvalue weighted by molar-refractivity contribution is -0.140. The highest BCUT2D eigenvalue weighted by Gasteiger charge is 2.62. The summed E-state index contributed by atoms with van der Waals surface area (Å²) < 4.78 is 96.4. The number of benzene rings is 3. The van der Waals surface area contributed by atoms with Crippen molar-refractivity contribution in [3.63, 3.8) is 0 Å². The number of hydrogen-bond acceptors (Lipinski definition) is 14. The van der Waals surface area contributed by atoms with Crippen molar-refractivity contribution in [3.8, 4) is 0 Å². The number of Topliss-reactive ketones (excluding diaryl/α,β-unsaturated/α-hetero) is 2. The third-order valence-electron chi connectivity index (χ3n) is 23.6. The minimum Gasteiger partial charge on any atom is -0.450 e. The van der Waals surface area contributed by atoms with Crippen LogP contribution in [-0.4, -0.2) is 163 Å². The highest BCUT2D eigenvalue weighted by molar-refractivity contribution is 6.38. The van der Waals surface area contributed by atoms with Crippen molar-refractivity contribution in [1.29, 1.82) is 0 Å². The quantitative estimate of drug-likeness (QED) is 0.0571. The molecule has 6 aromatic rings. The Kier molecular flexibility index (Phi) is 22.6. The van der Waals surface area contributed by atoms with Gasteiger partial charge < -0.3 is 57.7 Å². The van der Waals surface area contributed by atoms with Gasteiger partial charge in [0.05, 0.1) is 56.5 Å². The first kappa shape index (κ1) is 78.5. The Morgan fingerprint density at radius 3 is 1.16 bits per heavy atom. The molecule has 9 heterocycles. The van der Waals surface area contributed by atoms with Gasteiger partial charge in [0.15, 0.2) is 5.78 Å². The average Bonchev–Trinajstić information content (AvgIpc) is 1.55. The molecule has 3 spiro atoms. The topological polar surface area (TPSA) is 248 Å². The summed E-state index contributed by atoms with van der Waals surface area (Å²) in [5.41, 5.74) is 9.09. The summed E-state index contributed by atoms with van der Waals surface area (Å²) in [5.74, 6) is 2.48. The number of carbonyl (C=O) groups excluding carboxylic acids is 8. The first-order valence-corrected chi connectivity index (χ1v) is 39.0. The Balaban J connectivity index is 0.000000137. The number of nitrogens with one attached hydrogen (secondary N) is 1. The van der Waals surface area contributed by atoms with E-state index in [9.17, 15) is 64.7 Å². The van der Waals surface area contributed by atoms with Crippen LogP contribution < -0.4 is 14.7 Å². The molecule has 110 heavy (non-hydrogen) atoms. The molecule has 6 aliphatic heterocycles. The van der Waals surface area contributed by atoms with E-state index in [2.05, 4.69) is 25.8 Å². The van der Waals surface area contributed by atoms with E-state index >= 15 is 0 Å². The molecule has 29 heteroatoms. The Bertz CT molecular complexity index is 4310. The van der Waals surface area contributed by atoms with Gasteiger partial charge in [0.25, 0.3) is 0 Å². The maximum absolute atomic E-state index is 13.8. The van der Waals surface area contributed by atoms with Crippen LogP contribution in [0, 0.1) is 5.92 Å². The number of fused-ring (bicyclic) bond motifs is 9. The molecule has 16 rings (SSSR count). The summed E-state index contributed by atoms with van der Waals surface area (Å²) in [6, 6.07) is 23.0. The van der Waals surface area contributed by atoms with Crippen LogP contribution in [0.2, 0.25) is 0 Å². The van der Waals surface area contributed by atoms with Crippen molar-refractivity contribution in [3.05, 3.63) is 141 Å². The van der Waals surface area contributed by atoms with Crippen molar-refractivity contribution in [1.82, 2.24) is 43.8 Å². The van der Waals surface area contributed by atoms with E-state index in [1.165, 1.54) is 21.9 Å². The molecule has 4 unspecified atom stereocenters. The molecule has 3 aromatic carbocycles. The second-order valence-electron chi connectivity index (χ2n) is 31.1. The van der Waals surface area contributed by atoms with Gasteiger partial charge in [0.2, 0.25) is 23.5 Å². The van der Waals surface area contributed by atoms with E-state index in [0.717, 1.165) is 132 Å². The van der Waals surface area contributed by atoms with Crippen LogP contribution in [0.15, 0.2) is 72.8 Å². The number of nitrogens with zero attached hydrogens (tertiary/aromatic N) is 11. The molecule has 6 amide bonds. The van der Waals surface area contributed by atoms with Crippen molar-refractivity contribution < 1.29 is 78.9 Å². The minimum absolute atomic E-state index is 0.00810. The number of imidazole rings is 3. The lowest BCUT2D eigenvalue weighted by atomic mass is 9.75. The van der Waals surface area contributed by atoms with Gasteiger partial charge in [-0.2, -0.15) is 26.3 Å².